The van der Waals surface area contributed by atoms with Gasteiger partial charge >= 0.3 is 0 Å². The number of rotatable bonds is 7. The van der Waals surface area contributed by atoms with Crippen LogP contribution >= 0.6 is 0 Å². The Kier molecular flexibility index (Phi) is 8.92. The summed E-state index contributed by atoms with van der Waals surface area (Å²) in [4.78, 5) is 15.9. The topological polar surface area (TPSA) is 69.9 Å². The van der Waals surface area contributed by atoms with E-state index in [1.54, 1.807) is 0 Å². The summed E-state index contributed by atoms with van der Waals surface area (Å²) in [5.41, 5.74) is 16.8. The molecular weight excluding hydrogens is 845 g/mol. The quantitative estimate of drug-likeness (QED) is 0.159. The van der Waals surface area contributed by atoms with Crippen LogP contribution in [0.25, 0.3) is 128 Å². The summed E-state index contributed by atoms with van der Waals surface area (Å²) in [6.45, 7) is 0. The summed E-state index contributed by atoms with van der Waals surface area (Å²) >= 11 is 0. The highest BCUT2D eigenvalue weighted by molar-refractivity contribution is 6.15. The third-order valence-electron chi connectivity index (χ3n) is 13.8. The van der Waals surface area contributed by atoms with E-state index in [4.69, 9.17) is 23.8 Å². The number of nitrogens with zero attached hydrogens (tertiary/aromatic N) is 4. The maximum absolute atomic E-state index is 6.38. The molecule has 0 radical (unpaired) electrons. The van der Waals surface area contributed by atoms with Gasteiger partial charge in [0.2, 0.25) is 5.95 Å². The van der Waals surface area contributed by atoms with Crippen molar-refractivity contribution in [1.29, 1.82) is 0 Å². The molecule has 0 fully saturated rings. The van der Waals surface area contributed by atoms with E-state index in [-0.39, 0.29) is 0 Å². The zero-order valence-corrected chi connectivity index (χ0v) is 37.3. The second kappa shape index (κ2) is 15.8. The van der Waals surface area contributed by atoms with Crippen LogP contribution in [0.4, 0.5) is 0 Å². The van der Waals surface area contributed by atoms with Gasteiger partial charge in [0, 0.05) is 55.6 Å². The van der Waals surface area contributed by atoms with Crippen LogP contribution in [0.15, 0.2) is 221 Å². The molecule has 0 amide bonds. The van der Waals surface area contributed by atoms with Gasteiger partial charge in [-0.3, -0.25) is 4.57 Å². The third-order valence-corrected chi connectivity index (χ3v) is 13.8. The number of aryl methyl sites for hydroxylation is 1. The van der Waals surface area contributed by atoms with Gasteiger partial charge in [0.05, 0.1) is 11.0 Å². The van der Waals surface area contributed by atoms with E-state index in [0.29, 0.717) is 17.6 Å². The molecule has 0 spiro atoms. The molecule has 0 N–H and O–H groups in total. The molecule has 0 saturated carbocycles. The monoisotopic (exact) mass is 884 g/mol. The lowest BCUT2D eigenvalue weighted by atomic mass is 9.89. The number of furan rings is 2. The van der Waals surface area contributed by atoms with E-state index in [1.807, 2.05) is 42.5 Å². The van der Waals surface area contributed by atoms with Gasteiger partial charge in [-0.2, -0.15) is 9.97 Å². The molecule has 0 atom stereocenters. The van der Waals surface area contributed by atoms with Gasteiger partial charge in [0.15, 0.2) is 11.6 Å². The van der Waals surface area contributed by atoms with Crippen molar-refractivity contribution in [3.05, 3.63) is 229 Å². The van der Waals surface area contributed by atoms with E-state index in [2.05, 4.69) is 181 Å². The van der Waals surface area contributed by atoms with Crippen molar-refractivity contribution in [2.75, 3.05) is 0 Å². The van der Waals surface area contributed by atoms with Gasteiger partial charge in [-0.15, -0.1) is 0 Å². The Hall–Kier alpha value is -9.13. The van der Waals surface area contributed by atoms with Crippen LogP contribution < -0.4 is 0 Å². The molecule has 6 heteroatoms. The van der Waals surface area contributed by atoms with E-state index in [1.165, 1.54) is 22.1 Å². The number of hydrogen-bond acceptors (Lipinski definition) is 5. The molecule has 1 aliphatic rings. The van der Waals surface area contributed by atoms with Crippen LogP contribution in [0.5, 0.6) is 0 Å². The molecule has 6 nitrogen and oxygen atoms in total. The van der Waals surface area contributed by atoms with Crippen molar-refractivity contribution in [3.63, 3.8) is 0 Å². The molecule has 0 unspecified atom stereocenters. The SMILES string of the molecule is C1=C(c2cccc(-c3cccc(-c4cc(-c5ccccc5)cc5c6ccccc6n(-c6nc(-c7ccccc7)nc(-c7ccc8c(c7)oc7ccccc78)n6)c45)c3)c2)CCc2oc3ccccc3c21. The van der Waals surface area contributed by atoms with Gasteiger partial charge in [0.25, 0.3) is 0 Å². The molecule has 69 heavy (non-hydrogen) atoms. The van der Waals surface area contributed by atoms with E-state index >= 15 is 0 Å². The fraction of sp³-hybridized carbons (Fsp3) is 0.0317. The normalized spacial score (nSPS) is 12.6. The van der Waals surface area contributed by atoms with Crippen LogP contribution in [0, 0.1) is 0 Å². The largest absolute Gasteiger partial charge is 0.460 e. The number of hydrogen-bond donors (Lipinski definition) is 0. The predicted octanol–water partition coefficient (Wildman–Crippen LogP) is 16.4. The zero-order chi connectivity index (χ0) is 45.4. The Morgan fingerprint density at radius 3 is 1.77 bits per heavy atom. The highest BCUT2D eigenvalue weighted by atomic mass is 16.3. The Balaban J connectivity index is 0.972. The molecule has 14 rings (SSSR count). The molecule has 4 heterocycles. The second-order valence-corrected chi connectivity index (χ2v) is 17.9. The van der Waals surface area contributed by atoms with E-state index < -0.39 is 0 Å². The zero-order valence-electron chi connectivity index (χ0n) is 37.3. The lowest BCUT2D eigenvalue weighted by Gasteiger charge is -2.16. The predicted molar refractivity (Wildman–Crippen MR) is 281 cm³/mol. The van der Waals surface area contributed by atoms with E-state index in [9.17, 15) is 0 Å². The Labute approximate surface area is 397 Å². The smallest absolute Gasteiger partial charge is 0.238 e. The van der Waals surface area contributed by atoms with Gasteiger partial charge in [-0.25, -0.2) is 4.98 Å². The Morgan fingerprint density at radius 2 is 0.971 bits per heavy atom. The molecule has 0 saturated heterocycles. The Bertz CT molecular complexity index is 4200. The molecule has 0 aliphatic heterocycles. The molecule has 13 aromatic rings. The van der Waals surface area contributed by atoms with E-state index in [0.717, 1.165) is 112 Å². The maximum Gasteiger partial charge on any atom is 0.238 e. The summed E-state index contributed by atoms with van der Waals surface area (Å²) in [6.07, 6.45) is 4.13. The fourth-order valence-electron chi connectivity index (χ4n) is 10.4. The van der Waals surface area contributed by atoms with Crippen LogP contribution in [-0.4, -0.2) is 19.5 Å². The number of para-hydroxylation sites is 3. The molecule has 4 aromatic heterocycles. The second-order valence-electron chi connectivity index (χ2n) is 17.9. The van der Waals surface area contributed by atoms with Gasteiger partial charge < -0.3 is 8.83 Å². The number of allylic oxidation sites excluding steroid dienone is 1. The average molecular weight is 885 g/mol. The summed E-state index contributed by atoms with van der Waals surface area (Å²) in [5.74, 6) is 2.74. The van der Waals surface area contributed by atoms with Crippen molar-refractivity contribution < 1.29 is 8.83 Å². The van der Waals surface area contributed by atoms with Crippen LogP contribution in [0.2, 0.25) is 0 Å². The van der Waals surface area contributed by atoms with Crippen molar-refractivity contribution in [2.24, 2.45) is 0 Å². The van der Waals surface area contributed by atoms with Crippen molar-refractivity contribution in [1.82, 2.24) is 19.5 Å². The van der Waals surface area contributed by atoms with Crippen LogP contribution in [-0.2, 0) is 6.42 Å². The molecule has 1 aliphatic carbocycles. The first kappa shape index (κ1) is 39.1. The molecular formula is C63H40N4O2. The highest BCUT2D eigenvalue weighted by Crippen LogP contribution is 2.43. The fourth-order valence-corrected chi connectivity index (χ4v) is 10.4. The highest BCUT2D eigenvalue weighted by Gasteiger charge is 2.23. The summed E-state index contributed by atoms with van der Waals surface area (Å²) < 4.78 is 14.9. The average Bonchev–Trinajstić information content (AvgIpc) is 4.10. The van der Waals surface area contributed by atoms with Crippen LogP contribution in [0.3, 0.4) is 0 Å². The lowest BCUT2D eigenvalue weighted by molar-refractivity contribution is 0.548. The lowest BCUT2D eigenvalue weighted by Crippen LogP contribution is -2.07. The number of aromatic nitrogens is 4. The first-order valence-corrected chi connectivity index (χ1v) is 23.5. The van der Waals surface area contributed by atoms with Crippen molar-refractivity contribution in [2.45, 2.75) is 12.8 Å². The molecule has 9 aromatic carbocycles. The van der Waals surface area contributed by atoms with Crippen LogP contribution in [0.1, 0.15) is 23.3 Å². The first-order chi connectivity index (χ1) is 34.2. The standard InChI is InChI=1S/C63H40N4O2/c1-3-15-39(16-4-1)47-36-52(45-22-14-21-43(34-45)41-19-13-20-42(33-41)44-30-32-58-53(35-44)50-25-9-12-28-57(50)68-58)60-54(37-47)48-23-7-10-26-55(48)67(60)63-65-61(40-17-5-2-6-18-40)64-62(66-63)46-29-31-51-49-24-8-11-27-56(49)69-59(51)38-46/h1-29,31,33-38H,30,32H2. The maximum atomic E-state index is 6.38. The number of fused-ring (bicyclic) bond motifs is 9. The van der Waals surface area contributed by atoms with Gasteiger partial charge in [-0.1, -0.05) is 158 Å². The molecule has 324 valence electrons. The minimum absolute atomic E-state index is 0.529. The van der Waals surface area contributed by atoms with Gasteiger partial charge in [-0.05, 0) is 106 Å². The summed E-state index contributed by atoms with van der Waals surface area (Å²) in [6, 6.07) is 74.7. The molecule has 0 bridgehead atoms. The minimum Gasteiger partial charge on any atom is -0.460 e. The van der Waals surface area contributed by atoms with Crippen molar-refractivity contribution in [3.8, 4) is 62.1 Å². The summed E-state index contributed by atoms with van der Waals surface area (Å²) in [5, 5.41) is 5.51. The third kappa shape index (κ3) is 6.60. The van der Waals surface area contributed by atoms with Gasteiger partial charge in [0.1, 0.15) is 22.5 Å². The minimum atomic E-state index is 0.529. The van der Waals surface area contributed by atoms with Crippen molar-refractivity contribution >= 4 is 66.4 Å². The Morgan fingerprint density at radius 1 is 0.362 bits per heavy atom. The first-order valence-electron chi connectivity index (χ1n) is 23.5. The summed E-state index contributed by atoms with van der Waals surface area (Å²) in [7, 11) is 0. The number of benzene rings is 9.